The fourth-order valence-electron chi connectivity index (χ4n) is 13.8. The highest BCUT2D eigenvalue weighted by Crippen LogP contribution is 2.68. The third kappa shape index (κ3) is 8.27. The van der Waals surface area contributed by atoms with Gasteiger partial charge in [-0.3, -0.25) is 4.79 Å². The second-order valence-electron chi connectivity index (χ2n) is 21.1. The second kappa shape index (κ2) is 18.3. The van der Waals surface area contributed by atoms with Crippen LogP contribution in [0.5, 0.6) is 0 Å². The molecule has 0 spiro atoms. The van der Waals surface area contributed by atoms with E-state index in [1.54, 1.807) is 6.92 Å². The number of aliphatic hydroxyl groups is 9. The first-order valence-electron chi connectivity index (χ1n) is 23.4. The molecule has 62 heavy (non-hydrogen) atoms. The summed E-state index contributed by atoms with van der Waals surface area (Å²) in [6, 6.07) is 0. The van der Waals surface area contributed by atoms with Gasteiger partial charge in [0.05, 0.1) is 31.0 Å². The minimum Gasteiger partial charge on any atom is -0.394 e. The van der Waals surface area contributed by atoms with Crippen LogP contribution in [0.15, 0.2) is 0 Å². The van der Waals surface area contributed by atoms with Crippen LogP contribution in [-0.2, 0) is 38.0 Å². The smallest absolute Gasteiger partial charge is 0.189 e. The summed E-state index contributed by atoms with van der Waals surface area (Å²) < 4.78 is 42.7. The molecular weight excluding hydrogens is 812 g/mol. The van der Waals surface area contributed by atoms with Crippen molar-refractivity contribution in [3.8, 4) is 0 Å². The van der Waals surface area contributed by atoms with Crippen LogP contribution >= 0.6 is 0 Å². The molecule has 9 N–H and O–H groups in total. The van der Waals surface area contributed by atoms with Gasteiger partial charge < -0.3 is 79.1 Å². The van der Waals surface area contributed by atoms with E-state index in [0.29, 0.717) is 37.0 Å². The van der Waals surface area contributed by atoms with Crippen molar-refractivity contribution in [1.82, 2.24) is 0 Å². The number of hydrogen-bond donors (Lipinski definition) is 9. The Balaban J connectivity index is 0.917. The molecule has 17 nitrogen and oxygen atoms in total. The number of Topliss-reactive ketones (excluding diaryl/α,β-unsaturated/α-hetero) is 1. The molecule has 0 amide bonds. The van der Waals surface area contributed by atoms with E-state index in [1.165, 1.54) is 6.92 Å². The van der Waals surface area contributed by atoms with Crippen molar-refractivity contribution >= 4 is 5.78 Å². The van der Waals surface area contributed by atoms with Crippen LogP contribution < -0.4 is 0 Å². The van der Waals surface area contributed by atoms with Crippen LogP contribution in [0.4, 0.5) is 0 Å². The number of ether oxygens (including phenoxy) is 7. The van der Waals surface area contributed by atoms with Gasteiger partial charge in [0, 0.05) is 18.3 Å². The first-order valence-corrected chi connectivity index (χ1v) is 23.4. The van der Waals surface area contributed by atoms with Crippen molar-refractivity contribution in [3.05, 3.63) is 0 Å². The molecule has 0 aromatic carbocycles. The van der Waals surface area contributed by atoms with Crippen molar-refractivity contribution in [2.24, 2.45) is 52.3 Å². The fourth-order valence-corrected chi connectivity index (χ4v) is 13.8. The summed E-state index contributed by atoms with van der Waals surface area (Å²) in [6.07, 6.45) is -13.0. The van der Waals surface area contributed by atoms with Crippen LogP contribution in [-0.4, -0.2) is 169 Å². The molecule has 8 fully saturated rings. The van der Waals surface area contributed by atoms with E-state index in [9.17, 15) is 50.8 Å². The average Bonchev–Trinajstić information content (AvgIpc) is 3.60. The topological polar surface area (TPSA) is 264 Å². The molecule has 356 valence electrons. The number of ketones is 1. The highest BCUT2D eigenvalue weighted by molar-refractivity contribution is 5.83. The number of fused-ring (bicyclic) bond motifs is 5. The van der Waals surface area contributed by atoms with Crippen molar-refractivity contribution in [3.63, 3.8) is 0 Å². The monoisotopic (exact) mass is 886 g/mol. The molecule has 4 saturated carbocycles. The molecule has 8 rings (SSSR count). The van der Waals surface area contributed by atoms with Gasteiger partial charge in [0.1, 0.15) is 66.8 Å². The zero-order valence-corrected chi connectivity index (χ0v) is 37.0. The maximum absolute atomic E-state index is 14.4. The van der Waals surface area contributed by atoms with E-state index in [2.05, 4.69) is 27.7 Å². The quantitative estimate of drug-likeness (QED) is 0.143. The first kappa shape index (κ1) is 47.5. The van der Waals surface area contributed by atoms with E-state index < -0.39 is 111 Å². The fraction of sp³-hybridized carbons (Fsp3) is 0.978. The van der Waals surface area contributed by atoms with Crippen molar-refractivity contribution in [2.45, 2.75) is 216 Å². The maximum atomic E-state index is 14.4. The zero-order chi connectivity index (χ0) is 44.7. The van der Waals surface area contributed by atoms with Gasteiger partial charge in [0.25, 0.3) is 0 Å². The normalized spacial score (nSPS) is 56.4. The lowest BCUT2D eigenvalue weighted by Crippen LogP contribution is -2.64. The van der Waals surface area contributed by atoms with Crippen LogP contribution in [0.3, 0.4) is 0 Å². The Labute approximate surface area is 364 Å². The molecule has 0 radical (unpaired) electrons. The van der Waals surface area contributed by atoms with Gasteiger partial charge in [-0.25, -0.2) is 0 Å². The maximum Gasteiger partial charge on any atom is 0.189 e. The van der Waals surface area contributed by atoms with Crippen molar-refractivity contribution < 1.29 is 83.9 Å². The molecule has 4 aliphatic carbocycles. The molecule has 27 atom stereocenters. The predicted octanol–water partition coefficient (Wildman–Crippen LogP) is 0.483. The first-order chi connectivity index (χ1) is 29.3. The molecular formula is C45H74O17. The van der Waals surface area contributed by atoms with E-state index in [4.69, 9.17) is 33.2 Å². The lowest BCUT2D eigenvalue weighted by atomic mass is 9.44. The summed E-state index contributed by atoms with van der Waals surface area (Å²) in [6.45, 7) is 11.6. The standard InChI is InChI=1S/C45H74O17/c1-18-7-10-29(59-40(18)62-42-38(55)35(52)32(49)21(4)57-42)19(2)24-8-9-25-23-16-28(47)27-15-22(11-13-45(27,6)26(23)12-14-44(24,25)5)58-43-39(36(53)33(50)30(17-46)60-43)61-41-37(54)34(51)31(48)20(3)56-41/h18-27,29-43,46,48-55H,7-17H2,1-6H3/t18-,19-,20?,21?,22-,23-,24+,25-,26-,27+,29+,30?,31-,32-,33+,34-,35-,36+,37?,38?,39?,40+,41-,42-,43+,44+,45+/m0/s1. The van der Waals surface area contributed by atoms with Gasteiger partial charge in [-0.15, -0.1) is 0 Å². The molecule has 0 bridgehead atoms. The summed E-state index contributed by atoms with van der Waals surface area (Å²) in [7, 11) is 0. The van der Waals surface area contributed by atoms with Crippen LogP contribution in [0.25, 0.3) is 0 Å². The summed E-state index contributed by atoms with van der Waals surface area (Å²) in [5.41, 5.74) is -0.222. The summed E-state index contributed by atoms with van der Waals surface area (Å²) in [4.78, 5) is 14.4. The van der Waals surface area contributed by atoms with Gasteiger partial charge in [0.2, 0.25) is 0 Å². The third-order valence-corrected chi connectivity index (χ3v) is 17.7. The predicted molar refractivity (Wildman–Crippen MR) is 215 cm³/mol. The van der Waals surface area contributed by atoms with E-state index >= 15 is 0 Å². The Bertz CT molecular complexity index is 1560. The van der Waals surface area contributed by atoms with Gasteiger partial charge in [-0.05, 0) is 112 Å². The number of aliphatic hydroxyl groups excluding tert-OH is 9. The highest BCUT2D eigenvalue weighted by Gasteiger charge is 2.64. The van der Waals surface area contributed by atoms with E-state index in [0.717, 1.165) is 44.9 Å². The summed E-state index contributed by atoms with van der Waals surface area (Å²) >= 11 is 0. The summed E-state index contributed by atoms with van der Waals surface area (Å²) in [5, 5.41) is 94.4. The zero-order valence-electron chi connectivity index (χ0n) is 37.0. The van der Waals surface area contributed by atoms with Gasteiger partial charge in [-0.1, -0.05) is 27.7 Å². The van der Waals surface area contributed by atoms with Crippen LogP contribution in [0.1, 0.15) is 106 Å². The lowest BCUT2D eigenvalue weighted by Gasteiger charge is -2.61. The Morgan fingerprint density at radius 2 is 1.24 bits per heavy atom. The molecule has 8 aliphatic rings. The summed E-state index contributed by atoms with van der Waals surface area (Å²) in [5.74, 6) is 1.60. The molecule has 0 aromatic heterocycles. The number of carbonyl (C=O) groups excluding carboxylic acids is 1. The minimum absolute atomic E-state index is 0.0229. The Kier molecular flexibility index (Phi) is 14.0. The minimum atomic E-state index is -1.67. The van der Waals surface area contributed by atoms with Gasteiger partial charge >= 0.3 is 0 Å². The number of carbonyl (C=O) groups is 1. The van der Waals surface area contributed by atoms with Gasteiger partial charge in [0.15, 0.2) is 25.2 Å². The average molecular weight is 887 g/mol. The van der Waals surface area contributed by atoms with Crippen LogP contribution in [0, 0.1) is 52.3 Å². The lowest BCUT2D eigenvalue weighted by molar-refractivity contribution is -0.370. The van der Waals surface area contributed by atoms with Gasteiger partial charge in [-0.2, -0.15) is 0 Å². The largest absolute Gasteiger partial charge is 0.394 e. The van der Waals surface area contributed by atoms with E-state index in [1.807, 2.05) is 0 Å². The Morgan fingerprint density at radius 1 is 0.629 bits per heavy atom. The molecule has 17 heteroatoms. The van der Waals surface area contributed by atoms with Crippen molar-refractivity contribution in [2.75, 3.05) is 6.61 Å². The van der Waals surface area contributed by atoms with Crippen LogP contribution in [0.2, 0.25) is 0 Å². The SMILES string of the molecule is CC1O[C@@H](OC2[C@H](O[C@H]3CC[C@@]4(C)[C@H](C3)C(=O)C[C@@H]3[C@@H]4CC[C@]4(C)[C@@H]([C@H](C)[C@H]5CC[C@H](C)[C@@H](O[C@@H]6OC(C)[C@H](O)[C@H](O)C6O)O5)CC[C@@H]34)OC(CO)[C@@H](O)[C@H]2O)C(O)[C@@H](O)[C@H]1O. The van der Waals surface area contributed by atoms with E-state index in [-0.39, 0.29) is 46.4 Å². The molecule has 0 aromatic rings. The number of rotatable bonds is 9. The number of hydrogen-bond acceptors (Lipinski definition) is 17. The third-order valence-electron chi connectivity index (χ3n) is 17.7. The second-order valence-corrected chi connectivity index (χ2v) is 21.1. The molecule has 4 aliphatic heterocycles. The molecule has 6 unspecified atom stereocenters. The molecule has 4 heterocycles. The Morgan fingerprint density at radius 3 is 1.89 bits per heavy atom. The van der Waals surface area contributed by atoms with Crippen molar-refractivity contribution in [1.29, 1.82) is 0 Å². The highest BCUT2D eigenvalue weighted by atomic mass is 16.8. The molecule has 4 saturated heterocycles. The Hall–Kier alpha value is -0.970.